The van der Waals surface area contributed by atoms with Gasteiger partial charge in [-0.05, 0) is 47.7 Å². The summed E-state index contributed by atoms with van der Waals surface area (Å²) in [5, 5.41) is 0. The quantitative estimate of drug-likeness (QED) is 0.167. The number of benzene rings is 3. The van der Waals surface area contributed by atoms with E-state index in [0.717, 1.165) is 27.8 Å². The molecule has 0 aliphatic carbocycles. The summed E-state index contributed by atoms with van der Waals surface area (Å²) in [5.74, 6) is -1.16. The Morgan fingerprint density at radius 3 is 1.51 bits per heavy atom. The molecule has 0 saturated heterocycles. The van der Waals surface area contributed by atoms with Gasteiger partial charge in [0.2, 0.25) is 0 Å². The van der Waals surface area contributed by atoms with E-state index in [1.54, 1.807) is 26.0 Å². The SMILES string of the molecule is C=C(C)C(=O)OCc1ccc(C=Cc2ccc(C=Cc3ccc(COC(=O)C(=C)C)cc3)c(F)c2)cc1. The zero-order valence-electron chi connectivity index (χ0n) is 21.0. The van der Waals surface area contributed by atoms with E-state index in [1.807, 2.05) is 72.8 Å². The molecular weight excluding hydrogens is 467 g/mol. The predicted molar refractivity (Wildman–Crippen MR) is 146 cm³/mol. The molecule has 3 aromatic rings. The maximum absolute atomic E-state index is 14.7. The van der Waals surface area contributed by atoms with Crippen LogP contribution in [0.15, 0.2) is 91.0 Å². The number of hydrogen-bond acceptors (Lipinski definition) is 4. The zero-order valence-corrected chi connectivity index (χ0v) is 21.0. The number of esters is 2. The number of rotatable bonds is 10. The van der Waals surface area contributed by atoms with Crippen molar-refractivity contribution in [3.8, 4) is 0 Å². The van der Waals surface area contributed by atoms with Gasteiger partial charge < -0.3 is 9.47 Å². The Bertz CT molecular complexity index is 1350. The molecule has 0 amide bonds. The average Bonchev–Trinajstić information content (AvgIpc) is 2.89. The third-order valence-electron chi connectivity index (χ3n) is 5.34. The second-order valence-corrected chi connectivity index (χ2v) is 8.64. The number of carbonyl (C=O) groups is 2. The van der Waals surface area contributed by atoms with E-state index in [4.69, 9.17) is 9.47 Å². The third-order valence-corrected chi connectivity index (χ3v) is 5.34. The molecule has 4 nitrogen and oxygen atoms in total. The second-order valence-electron chi connectivity index (χ2n) is 8.64. The monoisotopic (exact) mass is 496 g/mol. The molecule has 0 spiro atoms. The number of carbonyl (C=O) groups excluding carboxylic acids is 2. The summed E-state index contributed by atoms with van der Waals surface area (Å²) in [5.41, 5.74) is 5.51. The van der Waals surface area contributed by atoms with E-state index in [-0.39, 0.29) is 19.0 Å². The van der Waals surface area contributed by atoms with E-state index in [9.17, 15) is 14.0 Å². The van der Waals surface area contributed by atoms with E-state index < -0.39 is 11.9 Å². The van der Waals surface area contributed by atoms with Gasteiger partial charge in [-0.3, -0.25) is 0 Å². The Kier molecular flexibility index (Phi) is 9.50. The van der Waals surface area contributed by atoms with Gasteiger partial charge in [0, 0.05) is 16.7 Å². The minimum absolute atomic E-state index is 0.175. The van der Waals surface area contributed by atoms with Crippen LogP contribution in [0.1, 0.15) is 47.2 Å². The van der Waals surface area contributed by atoms with E-state index >= 15 is 0 Å². The van der Waals surface area contributed by atoms with Crippen molar-refractivity contribution >= 4 is 36.2 Å². The van der Waals surface area contributed by atoms with Crippen molar-refractivity contribution in [2.24, 2.45) is 0 Å². The number of halogens is 1. The highest BCUT2D eigenvalue weighted by Crippen LogP contribution is 2.17. The summed E-state index contributed by atoms with van der Waals surface area (Å²) < 4.78 is 24.9. The summed E-state index contributed by atoms with van der Waals surface area (Å²) in [6.45, 7) is 10.7. The van der Waals surface area contributed by atoms with Gasteiger partial charge in [0.05, 0.1) is 0 Å². The summed E-state index contributed by atoms with van der Waals surface area (Å²) in [6.07, 6.45) is 7.28. The molecule has 3 rings (SSSR count). The first-order valence-corrected chi connectivity index (χ1v) is 11.7. The van der Waals surface area contributed by atoms with Crippen LogP contribution in [0.5, 0.6) is 0 Å². The zero-order chi connectivity index (χ0) is 26.8. The molecule has 5 heteroatoms. The van der Waals surface area contributed by atoms with Gasteiger partial charge in [0.1, 0.15) is 19.0 Å². The van der Waals surface area contributed by atoms with Crippen molar-refractivity contribution in [1.82, 2.24) is 0 Å². The molecule has 0 unspecified atom stereocenters. The van der Waals surface area contributed by atoms with Gasteiger partial charge in [-0.25, -0.2) is 14.0 Å². The first kappa shape index (κ1) is 27.1. The molecule has 0 aliphatic rings. The normalized spacial score (nSPS) is 11.0. The highest BCUT2D eigenvalue weighted by molar-refractivity contribution is 5.87. The van der Waals surface area contributed by atoms with Crippen LogP contribution in [0.3, 0.4) is 0 Å². The van der Waals surface area contributed by atoms with Crippen LogP contribution < -0.4 is 0 Å². The molecular formula is C32H29FO4. The lowest BCUT2D eigenvalue weighted by molar-refractivity contribution is -0.141. The third kappa shape index (κ3) is 8.58. The van der Waals surface area contributed by atoms with Crippen LogP contribution in [0, 0.1) is 5.82 Å². The van der Waals surface area contributed by atoms with Gasteiger partial charge in [-0.2, -0.15) is 0 Å². The van der Waals surface area contributed by atoms with Crippen molar-refractivity contribution in [1.29, 1.82) is 0 Å². The molecule has 0 aromatic heterocycles. The first-order valence-electron chi connectivity index (χ1n) is 11.7. The molecule has 0 atom stereocenters. The summed E-state index contributed by atoms with van der Waals surface area (Å²) in [7, 11) is 0. The van der Waals surface area contributed by atoms with Gasteiger partial charge in [-0.15, -0.1) is 0 Å². The van der Waals surface area contributed by atoms with E-state index in [1.165, 1.54) is 6.07 Å². The van der Waals surface area contributed by atoms with Crippen molar-refractivity contribution in [2.45, 2.75) is 27.1 Å². The fourth-order valence-corrected chi connectivity index (χ4v) is 3.15. The van der Waals surface area contributed by atoms with Crippen LogP contribution in [-0.2, 0) is 32.3 Å². The Hall–Kier alpha value is -4.51. The van der Waals surface area contributed by atoms with Crippen molar-refractivity contribution in [3.63, 3.8) is 0 Å². The highest BCUT2D eigenvalue weighted by Gasteiger charge is 2.05. The summed E-state index contributed by atoms with van der Waals surface area (Å²) >= 11 is 0. The van der Waals surface area contributed by atoms with Gasteiger partial charge >= 0.3 is 11.9 Å². The lowest BCUT2D eigenvalue weighted by atomic mass is 10.1. The molecule has 0 fully saturated rings. The van der Waals surface area contributed by atoms with Crippen LogP contribution in [0.25, 0.3) is 24.3 Å². The topological polar surface area (TPSA) is 52.6 Å². The largest absolute Gasteiger partial charge is 0.457 e. The molecule has 0 aliphatic heterocycles. The molecule has 3 aromatic carbocycles. The van der Waals surface area contributed by atoms with Crippen molar-refractivity contribution < 1.29 is 23.5 Å². The molecule has 37 heavy (non-hydrogen) atoms. The standard InChI is InChI=1S/C32H29FO4/c1-22(2)31(34)36-20-27-11-6-24(7-12-27)5-10-26-16-18-29(30(33)19-26)17-15-25-8-13-28(14-9-25)21-37-32(35)23(3)4/h5-19H,1,3,20-21H2,2,4H3. The molecule has 0 N–H and O–H groups in total. The molecule has 0 saturated carbocycles. The van der Waals surface area contributed by atoms with Gasteiger partial charge in [0.25, 0.3) is 0 Å². The summed E-state index contributed by atoms with van der Waals surface area (Å²) in [4.78, 5) is 23.0. The highest BCUT2D eigenvalue weighted by atomic mass is 19.1. The van der Waals surface area contributed by atoms with Crippen molar-refractivity contribution in [2.75, 3.05) is 0 Å². The molecule has 0 radical (unpaired) electrons. The van der Waals surface area contributed by atoms with Gasteiger partial charge in [0.15, 0.2) is 0 Å². The fourth-order valence-electron chi connectivity index (χ4n) is 3.15. The van der Waals surface area contributed by atoms with Crippen LogP contribution in [0.4, 0.5) is 4.39 Å². The van der Waals surface area contributed by atoms with E-state index in [2.05, 4.69) is 13.2 Å². The average molecular weight is 497 g/mol. The van der Waals surface area contributed by atoms with Crippen LogP contribution >= 0.6 is 0 Å². The summed E-state index contributed by atoms with van der Waals surface area (Å²) in [6, 6.07) is 20.1. The maximum atomic E-state index is 14.7. The van der Waals surface area contributed by atoms with Crippen molar-refractivity contribution in [3.05, 3.63) is 130 Å². The fraction of sp³-hybridized carbons (Fsp3) is 0.125. The Balaban J connectivity index is 1.56. The number of ether oxygens (including phenoxy) is 2. The minimum atomic E-state index is -0.422. The lowest BCUT2D eigenvalue weighted by Crippen LogP contribution is -2.04. The Labute approximate surface area is 217 Å². The predicted octanol–water partition coefficient (Wildman–Crippen LogP) is 7.41. The molecule has 0 heterocycles. The molecule has 188 valence electrons. The van der Waals surface area contributed by atoms with E-state index in [0.29, 0.717) is 16.7 Å². The van der Waals surface area contributed by atoms with Gasteiger partial charge in [-0.1, -0.05) is 98.1 Å². The number of hydrogen-bond donors (Lipinski definition) is 0. The first-order chi connectivity index (χ1) is 17.7. The lowest BCUT2D eigenvalue weighted by Gasteiger charge is -2.05. The Morgan fingerprint density at radius 1 is 0.676 bits per heavy atom. The van der Waals surface area contributed by atoms with Crippen LogP contribution in [0.2, 0.25) is 0 Å². The maximum Gasteiger partial charge on any atom is 0.333 e. The molecule has 0 bridgehead atoms. The minimum Gasteiger partial charge on any atom is -0.457 e. The second kappa shape index (κ2) is 13.0. The smallest absolute Gasteiger partial charge is 0.333 e. The Morgan fingerprint density at radius 2 is 1.08 bits per heavy atom. The van der Waals surface area contributed by atoms with Crippen LogP contribution in [-0.4, -0.2) is 11.9 Å².